The standard InChI is InChI=1S/C25H26N4O5S/c1-35-11-10-22(24(32)27-16-12-26-29(13-16)14-23(30)31)28-25(33)34-15-21-19-8-4-2-6-17(19)18-7-3-5-9-20(18)21/h2-9,12-13,21-22H,10-11,14-15H2,1H3,(H,27,32)(H,28,33)(H,30,31)/t22-/m0/s1. The van der Waals surface area contributed by atoms with Crippen LogP contribution in [0.5, 0.6) is 0 Å². The van der Waals surface area contributed by atoms with E-state index >= 15 is 0 Å². The summed E-state index contributed by atoms with van der Waals surface area (Å²) in [6, 6.07) is 15.3. The molecule has 1 aliphatic rings. The Morgan fingerprint density at radius 2 is 1.77 bits per heavy atom. The van der Waals surface area contributed by atoms with Crippen molar-refractivity contribution in [2.75, 3.05) is 23.9 Å². The van der Waals surface area contributed by atoms with Crippen LogP contribution < -0.4 is 10.6 Å². The van der Waals surface area contributed by atoms with Gasteiger partial charge in [-0.2, -0.15) is 16.9 Å². The average molecular weight is 495 g/mol. The summed E-state index contributed by atoms with van der Waals surface area (Å²) in [7, 11) is 0. The maximum absolute atomic E-state index is 12.8. The van der Waals surface area contributed by atoms with Crippen molar-refractivity contribution in [3.05, 3.63) is 72.1 Å². The summed E-state index contributed by atoms with van der Waals surface area (Å²) in [5.41, 5.74) is 4.84. The van der Waals surface area contributed by atoms with Crippen molar-refractivity contribution in [1.82, 2.24) is 15.1 Å². The summed E-state index contributed by atoms with van der Waals surface area (Å²) < 4.78 is 6.78. The van der Waals surface area contributed by atoms with Crippen molar-refractivity contribution in [3.8, 4) is 11.1 Å². The number of amides is 2. The molecule has 0 saturated heterocycles. The van der Waals surface area contributed by atoms with Gasteiger partial charge in [0.05, 0.1) is 11.9 Å². The minimum Gasteiger partial charge on any atom is -0.480 e. The molecule has 2 amide bonds. The van der Waals surface area contributed by atoms with E-state index < -0.39 is 24.0 Å². The quantitative estimate of drug-likeness (QED) is 0.394. The number of alkyl carbamates (subject to hydrolysis) is 1. The summed E-state index contributed by atoms with van der Waals surface area (Å²) in [5, 5.41) is 18.1. The van der Waals surface area contributed by atoms with Gasteiger partial charge in [-0.05, 0) is 40.7 Å². The molecular formula is C25H26N4O5S. The van der Waals surface area contributed by atoms with E-state index in [0.29, 0.717) is 17.9 Å². The van der Waals surface area contributed by atoms with Crippen LogP contribution in [0, 0.1) is 0 Å². The number of anilines is 1. The Balaban J connectivity index is 1.38. The zero-order chi connectivity index (χ0) is 24.8. The largest absolute Gasteiger partial charge is 0.480 e. The average Bonchev–Trinajstić information content (AvgIpc) is 3.41. The Bertz CT molecular complexity index is 1180. The third-order valence-corrected chi connectivity index (χ3v) is 6.40. The van der Waals surface area contributed by atoms with Crippen molar-refractivity contribution in [2.45, 2.75) is 24.9 Å². The van der Waals surface area contributed by atoms with Gasteiger partial charge in [0.2, 0.25) is 5.91 Å². The third-order valence-electron chi connectivity index (χ3n) is 5.76. The van der Waals surface area contributed by atoms with E-state index in [2.05, 4.69) is 27.9 Å². The van der Waals surface area contributed by atoms with E-state index in [-0.39, 0.29) is 19.1 Å². The van der Waals surface area contributed by atoms with E-state index in [0.717, 1.165) is 22.3 Å². The van der Waals surface area contributed by atoms with Gasteiger partial charge >= 0.3 is 12.1 Å². The Kier molecular flexibility index (Phi) is 7.71. The zero-order valence-electron chi connectivity index (χ0n) is 19.1. The molecule has 9 nitrogen and oxygen atoms in total. The smallest absolute Gasteiger partial charge is 0.407 e. The molecule has 1 atom stereocenters. The van der Waals surface area contributed by atoms with Crippen LogP contribution in [0.4, 0.5) is 10.5 Å². The van der Waals surface area contributed by atoms with E-state index in [9.17, 15) is 14.4 Å². The van der Waals surface area contributed by atoms with Gasteiger partial charge in [0.1, 0.15) is 19.2 Å². The highest BCUT2D eigenvalue weighted by molar-refractivity contribution is 7.98. The minimum atomic E-state index is -1.04. The molecule has 3 N–H and O–H groups in total. The normalized spacial score (nSPS) is 12.9. The predicted octanol–water partition coefficient (Wildman–Crippen LogP) is 3.57. The van der Waals surface area contributed by atoms with Gasteiger partial charge in [0, 0.05) is 12.1 Å². The molecule has 182 valence electrons. The molecule has 0 bridgehead atoms. The molecule has 0 unspecified atom stereocenters. The first-order valence-electron chi connectivity index (χ1n) is 11.1. The lowest BCUT2D eigenvalue weighted by Gasteiger charge is -2.19. The van der Waals surface area contributed by atoms with Gasteiger partial charge in [-0.25, -0.2) is 4.79 Å². The summed E-state index contributed by atoms with van der Waals surface area (Å²) in [6.07, 6.45) is 4.43. The van der Waals surface area contributed by atoms with E-state index in [1.54, 1.807) is 11.8 Å². The van der Waals surface area contributed by atoms with Crippen molar-refractivity contribution >= 4 is 35.4 Å². The van der Waals surface area contributed by atoms with E-state index in [1.807, 2.05) is 42.7 Å². The molecule has 10 heteroatoms. The zero-order valence-corrected chi connectivity index (χ0v) is 20.0. The summed E-state index contributed by atoms with van der Waals surface area (Å²) in [6.45, 7) is -0.164. The van der Waals surface area contributed by atoms with Crippen LogP contribution in [0.1, 0.15) is 23.5 Å². The third kappa shape index (κ3) is 5.83. The summed E-state index contributed by atoms with van der Waals surface area (Å²) >= 11 is 1.56. The Hall–Kier alpha value is -3.79. The number of benzene rings is 2. The predicted molar refractivity (Wildman–Crippen MR) is 133 cm³/mol. The lowest BCUT2D eigenvalue weighted by atomic mass is 9.98. The van der Waals surface area contributed by atoms with Gasteiger partial charge in [-0.1, -0.05) is 48.5 Å². The monoisotopic (exact) mass is 494 g/mol. The Morgan fingerprint density at radius 3 is 2.40 bits per heavy atom. The van der Waals surface area contributed by atoms with Gasteiger partial charge < -0.3 is 20.5 Å². The van der Waals surface area contributed by atoms with Crippen LogP contribution in [-0.2, 0) is 20.9 Å². The number of thioether (sulfide) groups is 1. The Labute approximate surface area is 206 Å². The number of fused-ring (bicyclic) bond motifs is 3. The number of carbonyl (C=O) groups is 3. The molecule has 4 rings (SSSR count). The van der Waals surface area contributed by atoms with Crippen LogP contribution in [0.3, 0.4) is 0 Å². The molecule has 0 aliphatic heterocycles. The number of rotatable bonds is 10. The molecule has 0 saturated carbocycles. The molecule has 0 radical (unpaired) electrons. The molecule has 0 fully saturated rings. The van der Waals surface area contributed by atoms with Crippen LogP contribution >= 0.6 is 11.8 Å². The number of aliphatic carboxylic acids is 1. The van der Waals surface area contributed by atoms with E-state index in [4.69, 9.17) is 9.84 Å². The first kappa shape index (κ1) is 24.3. The molecule has 1 heterocycles. The fraction of sp³-hybridized carbons (Fsp3) is 0.280. The molecule has 1 aromatic heterocycles. The number of hydrogen-bond donors (Lipinski definition) is 3. The second-order valence-electron chi connectivity index (χ2n) is 8.11. The van der Waals surface area contributed by atoms with Crippen LogP contribution in [0.2, 0.25) is 0 Å². The topological polar surface area (TPSA) is 123 Å². The second kappa shape index (κ2) is 11.1. The first-order chi connectivity index (χ1) is 17.0. The highest BCUT2D eigenvalue weighted by atomic mass is 32.2. The summed E-state index contributed by atoms with van der Waals surface area (Å²) in [5.74, 6) is -0.894. The van der Waals surface area contributed by atoms with Crippen LogP contribution in [0.15, 0.2) is 60.9 Å². The highest BCUT2D eigenvalue weighted by Gasteiger charge is 2.29. The van der Waals surface area contributed by atoms with Gasteiger partial charge in [0.15, 0.2) is 0 Å². The van der Waals surface area contributed by atoms with Gasteiger partial charge in [-0.15, -0.1) is 0 Å². The molecule has 0 spiro atoms. The van der Waals surface area contributed by atoms with E-state index in [1.165, 1.54) is 17.1 Å². The number of carboxylic acid groups (broad SMARTS) is 1. The lowest BCUT2D eigenvalue weighted by Crippen LogP contribution is -2.44. The number of carbonyl (C=O) groups excluding carboxylic acids is 2. The van der Waals surface area contributed by atoms with Crippen LogP contribution in [-0.4, -0.2) is 57.5 Å². The number of hydrogen-bond acceptors (Lipinski definition) is 6. The van der Waals surface area contributed by atoms with Crippen molar-refractivity contribution in [2.24, 2.45) is 0 Å². The number of aromatic nitrogens is 2. The molecule has 1 aliphatic carbocycles. The fourth-order valence-electron chi connectivity index (χ4n) is 4.17. The fourth-order valence-corrected chi connectivity index (χ4v) is 4.64. The second-order valence-corrected chi connectivity index (χ2v) is 9.10. The first-order valence-corrected chi connectivity index (χ1v) is 12.5. The minimum absolute atomic E-state index is 0.0771. The molecule has 3 aromatic rings. The number of nitrogens with one attached hydrogen (secondary N) is 2. The molecular weight excluding hydrogens is 468 g/mol. The molecule has 2 aromatic carbocycles. The maximum Gasteiger partial charge on any atom is 0.407 e. The number of nitrogens with zero attached hydrogens (tertiary/aromatic N) is 2. The summed E-state index contributed by atoms with van der Waals surface area (Å²) in [4.78, 5) is 36.3. The SMILES string of the molecule is CSCC[C@H](NC(=O)OCC1c2ccccc2-c2ccccc21)C(=O)Nc1cnn(CC(=O)O)c1. The van der Waals surface area contributed by atoms with Crippen molar-refractivity contribution in [3.63, 3.8) is 0 Å². The van der Waals surface area contributed by atoms with Crippen molar-refractivity contribution < 1.29 is 24.2 Å². The molecule has 35 heavy (non-hydrogen) atoms. The Morgan fingerprint density at radius 1 is 1.11 bits per heavy atom. The van der Waals surface area contributed by atoms with Gasteiger partial charge in [-0.3, -0.25) is 14.3 Å². The maximum atomic E-state index is 12.8. The van der Waals surface area contributed by atoms with Crippen LogP contribution in [0.25, 0.3) is 11.1 Å². The van der Waals surface area contributed by atoms with Crippen molar-refractivity contribution in [1.29, 1.82) is 0 Å². The lowest BCUT2D eigenvalue weighted by molar-refractivity contribution is -0.137. The number of ether oxygens (including phenoxy) is 1. The number of carboxylic acids is 1. The highest BCUT2D eigenvalue weighted by Crippen LogP contribution is 2.44. The van der Waals surface area contributed by atoms with Gasteiger partial charge in [0.25, 0.3) is 0 Å².